The fourth-order valence-corrected chi connectivity index (χ4v) is 3.01. The van der Waals surface area contributed by atoms with E-state index in [-0.39, 0.29) is 0 Å². The first kappa shape index (κ1) is 23.7. The van der Waals surface area contributed by atoms with E-state index >= 15 is 0 Å². The quantitative estimate of drug-likeness (QED) is 0.170. The van der Waals surface area contributed by atoms with Gasteiger partial charge in [-0.25, -0.2) is 0 Å². The Kier molecular flexibility index (Phi) is 20.5. The first-order valence-corrected chi connectivity index (χ1v) is 11.1. The molecule has 1 unspecified atom stereocenters. The van der Waals surface area contributed by atoms with Gasteiger partial charge in [-0.1, -0.05) is 90.2 Å². The van der Waals surface area contributed by atoms with Gasteiger partial charge in [0.1, 0.15) is 0 Å². The molecule has 0 aliphatic heterocycles. The lowest BCUT2D eigenvalue weighted by Gasteiger charge is -2.12. The molecule has 0 rings (SSSR count). The van der Waals surface area contributed by atoms with Gasteiger partial charge in [0.2, 0.25) is 0 Å². The molecule has 0 N–H and O–H groups in total. The molecule has 0 heterocycles. The van der Waals surface area contributed by atoms with E-state index in [9.17, 15) is 0 Å². The van der Waals surface area contributed by atoms with Crippen LogP contribution in [0.3, 0.4) is 0 Å². The van der Waals surface area contributed by atoms with E-state index in [0.29, 0.717) is 6.10 Å². The third-order valence-corrected chi connectivity index (χ3v) is 4.77. The van der Waals surface area contributed by atoms with Crippen molar-refractivity contribution in [3.8, 4) is 0 Å². The Morgan fingerprint density at radius 3 is 1.71 bits per heavy atom. The van der Waals surface area contributed by atoms with Crippen LogP contribution in [0.4, 0.5) is 0 Å². The molecule has 0 aliphatic rings. The van der Waals surface area contributed by atoms with Crippen molar-refractivity contribution >= 4 is 0 Å². The molecule has 144 valence electrons. The van der Waals surface area contributed by atoms with E-state index < -0.39 is 0 Å². The maximum atomic E-state index is 5.79. The largest absolute Gasteiger partial charge is 0.379 e. The molecule has 0 spiro atoms. The molecular weight excluding hydrogens is 292 g/mol. The Morgan fingerprint density at radius 1 is 0.625 bits per heavy atom. The van der Waals surface area contributed by atoms with E-state index in [1.54, 1.807) is 0 Å². The second kappa shape index (κ2) is 20.7. The van der Waals surface area contributed by atoms with E-state index in [0.717, 1.165) is 6.61 Å². The monoisotopic (exact) mass is 338 g/mol. The van der Waals surface area contributed by atoms with Crippen molar-refractivity contribution < 1.29 is 4.74 Å². The maximum absolute atomic E-state index is 5.79. The van der Waals surface area contributed by atoms with Crippen LogP contribution in [0.2, 0.25) is 0 Å². The minimum atomic E-state index is 0.460. The first-order chi connectivity index (χ1) is 11.8. The van der Waals surface area contributed by atoms with Gasteiger partial charge in [0.15, 0.2) is 0 Å². The van der Waals surface area contributed by atoms with Crippen LogP contribution < -0.4 is 0 Å². The Balaban J connectivity index is 3.15. The number of unbranched alkanes of at least 4 members (excludes halogenated alkanes) is 12. The number of ether oxygens (including phenoxy) is 1. The smallest absolute Gasteiger partial charge is 0.0547 e. The zero-order valence-corrected chi connectivity index (χ0v) is 17.2. The molecule has 0 saturated carbocycles. The third-order valence-electron chi connectivity index (χ3n) is 4.77. The molecule has 0 saturated heterocycles. The van der Waals surface area contributed by atoms with Gasteiger partial charge < -0.3 is 4.74 Å². The van der Waals surface area contributed by atoms with Crippen LogP contribution in [0, 0.1) is 0 Å². The molecule has 0 aromatic rings. The van der Waals surface area contributed by atoms with Crippen molar-refractivity contribution in [2.45, 2.75) is 130 Å². The number of hydrogen-bond donors (Lipinski definition) is 0. The third kappa shape index (κ3) is 19.7. The van der Waals surface area contributed by atoms with Crippen LogP contribution in [0.1, 0.15) is 124 Å². The topological polar surface area (TPSA) is 9.23 Å². The summed E-state index contributed by atoms with van der Waals surface area (Å²) in [5.41, 5.74) is 0. The predicted octanol–water partition coefficient (Wildman–Crippen LogP) is 8.23. The zero-order chi connectivity index (χ0) is 17.7. The second-order valence-corrected chi connectivity index (χ2v) is 7.41. The molecule has 0 bridgehead atoms. The molecule has 0 radical (unpaired) electrons. The van der Waals surface area contributed by atoms with Crippen LogP contribution in [0.5, 0.6) is 0 Å². The molecule has 0 aliphatic carbocycles. The standard InChI is InChI=1S/C23H46O/c1-4-6-8-9-10-11-12-13-14-15-16-17-18-19-20-21-23(3)24-22-7-5-2/h13-14,23H,4-12,15-22H2,1-3H3. The van der Waals surface area contributed by atoms with Crippen LogP contribution in [0.15, 0.2) is 12.2 Å². The highest BCUT2D eigenvalue weighted by Crippen LogP contribution is 2.11. The Bertz CT molecular complexity index is 246. The molecule has 0 aromatic carbocycles. The van der Waals surface area contributed by atoms with Crippen LogP contribution in [-0.2, 0) is 4.74 Å². The Morgan fingerprint density at radius 2 is 1.12 bits per heavy atom. The lowest BCUT2D eigenvalue weighted by Crippen LogP contribution is -2.08. The summed E-state index contributed by atoms with van der Waals surface area (Å²) in [5, 5.41) is 0. The van der Waals surface area contributed by atoms with Crippen molar-refractivity contribution in [2.24, 2.45) is 0 Å². The van der Waals surface area contributed by atoms with Gasteiger partial charge in [-0.2, -0.15) is 0 Å². The fourth-order valence-electron chi connectivity index (χ4n) is 3.01. The number of hydrogen-bond acceptors (Lipinski definition) is 1. The maximum Gasteiger partial charge on any atom is 0.0547 e. The summed E-state index contributed by atoms with van der Waals surface area (Å²) in [5.74, 6) is 0. The number of allylic oxidation sites excluding steroid dienone is 2. The zero-order valence-electron chi connectivity index (χ0n) is 17.2. The van der Waals surface area contributed by atoms with Gasteiger partial charge in [-0.3, -0.25) is 0 Å². The summed E-state index contributed by atoms with van der Waals surface area (Å²) >= 11 is 0. The molecule has 0 aromatic heterocycles. The minimum absolute atomic E-state index is 0.460. The van der Waals surface area contributed by atoms with Crippen LogP contribution in [-0.4, -0.2) is 12.7 Å². The highest BCUT2D eigenvalue weighted by Gasteiger charge is 2.01. The summed E-state index contributed by atoms with van der Waals surface area (Å²) in [6.45, 7) is 7.68. The second-order valence-electron chi connectivity index (χ2n) is 7.41. The van der Waals surface area contributed by atoms with Crippen LogP contribution in [0.25, 0.3) is 0 Å². The average Bonchev–Trinajstić information content (AvgIpc) is 2.58. The van der Waals surface area contributed by atoms with E-state index in [1.165, 1.54) is 103 Å². The van der Waals surface area contributed by atoms with Crippen molar-refractivity contribution in [1.82, 2.24) is 0 Å². The Labute approximate surface area is 153 Å². The molecule has 24 heavy (non-hydrogen) atoms. The van der Waals surface area contributed by atoms with Crippen molar-refractivity contribution in [2.75, 3.05) is 6.61 Å². The molecular formula is C23H46O. The molecule has 1 nitrogen and oxygen atoms in total. The highest BCUT2D eigenvalue weighted by atomic mass is 16.5. The fraction of sp³-hybridized carbons (Fsp3) is 0.913. The van der Waals surface area contributed by atoms with Crippen molar-refractivity contribution in [1.29, 1.82) is 0 Å². The number of rotatable bonds is 19. The summed E-state index contributed by atoms with van der Waals surface area (Å²) in [7, 11) is 0. The average molecular weight is 339 g/mol. The summed E-state index contributed by atoms with van der Waals surface area (Å²) in [6.07, 6.45) is 26.9. The molecule has 0 fully saturated rings. The van der Waals surface area contributed by atoms with E-state index in [2.05, 4.69) is 32.9 Å². The van der Waals surface area contributed by atoms with Gasteiger partial charge in [0.25, 0.3) is 0 Å². The molecule has 1 heteroatoms. The Hall–Kier alpha value is -0.300. The lowest BCUT2D eigenvalue weighted by atomic mass is 10.1. The van der Waals surface area contributed by atoms with Gasteiger partial charge >= 0.3 is 0 Å². The molecule has 0 amide bonds. The lowest BCUT2D eigenvalue weighted by molar-refractivity contribution is 0.0565. The van der Waals surface area contributed by atoms with Gasteiger partial charge in [0, 0.05) is 6.61 Å². The highest BCUT2D eigenvalue weighted by molar-refractivity contribution is 4.81. The van der Waals surface area contributed by atoms with Crippen molar-refractivity contribution in [3.63, 3.8) is 0 Å². The summed E-state index contributed by atoms with van der Waals surface area (Å²) in [4.78, 5) is 0. The van der Waals surface area contributed by atoms with E-state index in [1.807, 2.05) is 0 Å². The normalized spacial score (nSPS) is 13.0. The first-order valence-electron chi connectivity index (χ1n) is 11.1. The van der Waals surface area contributed by atoms with Gasteiger partial charge in [-0.15, -0.1) is 0 Å². The SMILES string of the molecule is CCCCCCCCC=CCCCCCCCC(C)OCCCC. The van der Waals surface area contributed by atoms with E-state index in [4.69, 9.17) is 4.74 Å². The summed E-state index contributed by atoms with van der Waals surface area (Å²) < 4.78 is 5.79. The summed E-state index contributed by atoms with van der Waals surface area (Å²) in [6, 6.07) is 0. The van der Waals surface area contributed by atoms with Gasteiger partial charge in [-0.05, 0) is 45.4 Å². The van der Waals surface area contributed by atoms with Crippen LogP contribution >= 0.6 is 0 Å². The predicted molar refractivity (Wildman–Crippen MR) is 110 cm³/mol. The molecule has 1 atom stereocenters. The minimum Gasteiger partial charge on any atom is -0.379 e. The van der Waals surface area contributed by atoms with Crippen molar-refractivity contribution in [3.05, 3.63) is 12.2 Å². The van der Waals surface area contributed by atoms with Gasteiger partial charge in [0.05, 0.1) is 6.10 Å².